The number of rotatable bonds is 9. The van der Waals surface area contributed by atoms with Crippen molar-refractivity contribution in [3.63, 3.8) is 0 Å². The van der Waals surface area contributed by atoms with Crippen LogP contribution in [0.3, 0.4) is 0 Å². The fraction of sp³-hybridized carbons (Fsp3) is 0.353. The first-order valence-corrected chi connectivity index (χ1v) is 15.3. The van der Waals surface area contributed by atoms with E-state index in [1.807, 2.05) is 6.20 Å². The van der Waals surface area contributed by atoms with Gasteiger partial charge in [0.25, 0.3) is 5.91 Å². The Bertz CT molecular complexity index is 1890. The molecule has 3 aliphatic rings. The number of halogens is 2. The Morgan fingerprint density at radius 2 is 1.98 bits per heavy atom. The average molecular weight is 631 g/mol. The smallest absolute Gasteiger partial charge is 0.251 e. The number of carbonyl (C=O) groups is 2. The molecule has 1 aliphatic heterocycles. The molecule has 2 fully saturated rings. The number of hydrogen-bond acceptors (Lipinski definition) is 7. The zero-order chi connectivity index (χ0) is 31.7. The van der Waals surface area contributed by atoms with Gasteiger partial charge in [-0.05, 0) is 92.5 Å². The topological polar surface area (TPSA) is 137 Å². The van der Waals surface area contributed by atoms with Crippen LogP contribution in [0.25, 0.3) is 22.2 Å². The van der Waals surface area contributed by atoms with E-state index in [1.54, 1.807) is 25.1 Å². The Kier molecular flexibility index (Phi) is 6.98. The minimum atomic E-state index is -1.59. The lowest BCUT2D eigenvalue weighted by Gasteiger charge is -2.30. The predicted octanol–water partition coefficient (Wildman–Crippen LogP) is 5.14. The van der Waals surface area contributed by atoms with Gasteiger partial charge in [0.15, 0.2) is 0 Å². The number of pyridine rings is 2. The van der Waals surface area contributed by atoms with Gasteiger partial charge in [0.2, 0.25) is 5.91 Å². The van der Waals surface area contributed by atoms with Crippen LogP contribution in [0.2, 0.25) is 5.02 Å². The van der Waals surface area contributed by atoms with E-state index in [0.717, 1.165) is 23.8 Å². The highest BCUT2D eigenvalue weighted by molar-refractivity contribution is 6.31. The number of aliphatic hydroxyl groups is 1. The molecule has 0 saturated heterocycles. The van der Waals surface area contributed by atoms with E-state index in [4.69, 9.17) is 31.8 Å². The van der Waals surface area contributed by atoms with Crippen LogP contribution < -0.4 is 20.5 Å². The first kappa shape index (κ1) is 29.4. The summed E-state index contributed by atoms with van der Waals surface area (Å²) < 4.78 is 25.6. The molecule has 0 bridgehead atoms. The summed E-state index contributed by atoms with van der Waals surface area (Å²) in [5.74, 6) is -0.517. The molecule has 0 unspecified atom stereocenters. The van der Waals surface area contributed by atoms with Gasteiger partial charge in [-0.15, -0.1) is 0 Å². The lowest BCUT2D eigenvalue weighted by Crippen LogP contribution is -2.44. The van der Waals surface area contributed by atoms with Crippen LogP contribution in [0.4, 0.5) is 4.39 Å². The standard InChI is InChI=1S/C34H32ClFN4O5/c1-33(32(37)42)16-45-30-23(33)13-27(40-29(30)18-5-8-25(36)24(35)11-18)34(43,22-6-7-22)15-39-31(41)20-9-19-10-21(17-3-4-17)14-38-28(19)26(12-20)44-2/h5,8-14,17,22,43H,3-4,6-7,15-16H2,1-2H3,(H2,37,42)(H,39,41)/t33-,34+/m0/s1. The average Bonchev–Trinajstić information content (AvgIpc) is 3.97. The Labute approximate surface area is 263 Å². The molecule has 11 heteroatoms. The molecular weight excluding hydrogens is 599 g/mol. The number of fused-ring (bicyclic) bond motifs is 2. The number of ether oxygens (including phenoxy) is 2. The summed E-state index contributed by atoms with van der Waals surface area (Å²) in [4.78, 5) is 35.6. The molecule has 3 heterocycles. The summed E-state index contributed by atoms with van der Waals surface area (Å²) in [6.07, 6.45) is 5.55. The number of carbonyl (C=O) groups excluding carboxylic acids is 2. The lowest BCUT2D eigenvalue weighted by atomic mass is 9.81. The monoisotopic (exact) mass is 630 g/mol. The van der Waals surface area contributed by atoms with Crippen molar-refractivity contribution in [2.24, 2.45) is 11.7 Å². The molecule has 4 aromatic rings. The zero-order valence-corrected chi connectivity index (χ0v) is 25.6. The van der Waals surface area contributed by atoms with Gasteiger partial charge >= 0.3 is 0 Å². The highest BCUT2D eigenvalue weighted by Crippen LogP contribution is 2.50. The molecule has 2 aromatic carbocycles. The van der Waals surface area contributed by atoms with Crippen molar-refractivity contribution in [2.75, 3.05) is 20.3 Å². The second-order valence-electron chi connectivity index (χ2n) is 12.5. The maximum atomic E-state index is 14.1. The summed E-state index contributed by atoms with van der Waals surface area (Å²) >= 11 is 6.11. The van der Waals surface area contributed by atoms with E-state index in [0.29, 0.717) is 52.5 Å². The minimum absolute atomic E-state index is 0.0234. The van der Waals surface area contributed by atoms with Crippen molar-refractivity contribution in [1.29, 1.82) is 0 Å². The number of aromatic nitrogens is 2. The zero-order valence-electron chi connectivity index (χ0n) is 24.8. The first-order valence-electron chi connectivity index (χ1n) is 14.9. The highest BCUT2D eigenvalue weighted by Gasteiger charge is 2.50. The van der Waals surface area contributed by atoms with E-state index in [-0.39, 0.29) is 35.5 Å². The summed E-state index contributed by atoms with van der Waals surface area (Å²) in [5.41, 5.74) is 6.64. The van der Waals surface area contributed by atoms with Crippen molar-refractivity contribution in [1.82, 2.24) is 15.3 Å². The van der Waals surface area contributed by atoms with Crippen LogP contribution in [-0.2, 0) is 15.8 Å². The number of amides is 2. The SMILES string of the molecule is COc1cc(C(=O)NC[C@](O)(c2cc3c(c(-c4ccc(F)c(Cl)c4)n2)OC[C@]3(C)C(N)=O)C2CC2)cc2cc(C3CC3)cnc12. The molecular formula is C34H32ClFN4O5. The van der Waals surface area contributed by atoms with Crippen LogP contribution >= 0.6 is 11.6 Å². The number of methoxy groups -OCH3 is 1. The Morgan fingerprint density at radius 3 is 2.64 bits per heavy atom. The number of nitrogens with two attached hydrogens (primary N) is 1. The van der Waals surface area contributed by atoms with Crippen molar-refractivity contribution < 1.29 is 28.6 Å². The van der Waals surface area contributed by atoms with Gasteiger partial charge in [-0.2, -0.15) is 0 Å². The number of hydrogen-bond donors (Lipinski definition) is 3. The maximum absolute atomic E-state index is 14.1. The van der Waals surface area contributed by atoms with Gasteiger partial charge in [-0.1, -0.05) is 11.6 Å². The second-order valence-corrected chi connectivity index (χ2v) is 12.9. The van der Waals surface area contributed by atoms with E-state index < -0.39 is 28.6 Å². The highest BCUT2D eigenvalue weighted by atomic mass is 35.5. The van der Waals surface area contributed by atoms with Gasteiger partial charge in [0, 0.05) is 28.3 Å². The number of nitrogens with one attached hydrogen (secondary N) is 1. The summed E-state index contributed by atoms with van der Waals surface area (Å²) in [6.45, 7) is 1.49. The van der Waals surface area contributed by atoms with Gasteiger partial charge in [-0.3, -0.25) is 14.6 Å². The van der Waals surface area contributed by atoms with Crippen LogP contribution in [0, 0.1) is 11.7 Å². The number of primary amides is 1. The van der Waals surface area contributed by atoms with E-state index >= 15 is 0 Å². The largest absolute Gasteiger partial charge is 0.494 e. The van der Waals surface area contributed by atoms with Crippen LogP contribution in [-0.4, -0.2) is 47.2 Å². The second kappa shape index (κ2) is 10.7. The van der Waals surface area contributed by atoms with Gasteiger partial charge < -0.3 is 25.6 Å². The van der Waals surface area contributed by atoms with Gasteiger partial charge in [-0.25, -0.2) is 9.37 Å². The fourth-order valence-corrected chi connectivity index (χ4v) is 6.31. The Balaban J connectivity index is 1.26. The van der Waals surface area contributed by atoms with Crippen molar-refractivity contribution >= 4 is 34.3 Å². The lowest BCUT2D eigenvalue weighted by molar-refractivity contribution is -0.123. The van der Waals surface area contributed by atoms with Crippen LogP contribution in [0.15, 0.2) is 48.7 Å². The molecule has 0 spiro atoms. The van der Waals surface area contributed by atoms with E-state index in [9.17, 15) is 19.1 Å². The molecule has 2 amide bonds. The molecule has 7 rings (SSSR count). The quantitative estimate of drug-likeness (QED) is 0.233. The van der Waals surface area contributed by atoms with Crippen molar-refractivity contribution in [2.45, 2.75) is 49.5 Å². The Hall–Kier alpha value is -4.28. The number of nitrogens with zero attached hydrogens (tertiary/aromatic N) is 2. The molecule has 9 nitrogen and oxygen atoms in total. The van der Waals surface area contributed by atoms with Crippen molar-refractivity contribution in [3.05, 3.63) is 81.9 Å². The first-order chi connectivity index (χ1) is 21.5. The summed E-state index contributed by atoms with van der Waals surface area (Å²) in [6, 6.07) is 11.2. The molecule has 2 aromatic heterocycles. The van der Waals surface area contributed by atoms with Crippen LogP contribution in [0.1, 0.15) is 65.7 Å². The third-order valence-electron chi connectivity index (χ3n) is 9.32. The third-order valence-corrected chi connectivity index (χ3v) is 9.61. The summed E-state index contributed by atoms with van der Waals surface area (Å²) in [7, 11) is 1.54. The molecule has 4 N–H and O–H groups in total. The molecule has 0 radical (unpaired) electrons. The van der Waals surface area contributed by atoms with E-state index in [1.165, 1.54) is 25.3 Å². The van der Waals surface area contributed by atoms with E-state index in [2.05, 4.69) is 16.4 Å². The molecule has 2 aliphatic carbocycles. The van der Waals surface area contributed by atoms with Crippen LogP contribution in [0.5, 0.6) is 11.5 Å². The number of benzene rings is 2. The maximum Gasteiger partial charge on any atom is 0.251 e. The fourth-order valence-electron chi connectivity index (χ4n) is 6.13. The molecule has 232 valence electrons. The van der Waals surface area contributed by atoms with Crippen molar-refractivity contribution in [3.8, 4) is 22.8 Å². The third kappa shape index (κ3) is 5.06. The Morgan fingerprint density at radius 1 is 1.20 bits per heavy atom. The normalized spacial score (nSPS) is 20.3. The van der Waals surface area contributed by atoms with Gasteiger partial charge in [0.05, 0.1) is 24.4 Å². The predicted molar refractivity (Wildman–Crippen MR) is 166 cm³/mol. The molecule has 2 atom stereocenters. The molecule has 2 saturated carbocycles. The minimum Gasteiger partial charge on any atom is -0.494 e. The molecule has 45 heavy (non-hydrogen) atoms. The van der Waals surface area contributed by atoms with Gasteiger partial charge in [0.1, 0.15) is 46.1 Å². The summed E-state index contributed by atoms with van der Waals surface area (Å²) in [5, 5.41) is 15.9.